The molecule has 0 aliphatic carbocycles. The predicted molar refractivity (Wildman–Crippen MR) is 96.0 cm³/mol. The second-order valence-corrected chi connectivity index (χ2v) is 6.01. The van der Waals surface area contributed by atoms with E-state index >= 15 is 0 Å². The van der Waals surface area contributed by atoms with Crippen molar-refractivity contribution in [1.82, 2.24) is 9.80 Å². The van der Waals surface area contributed by atoms with Crippen LogP contribution in [0.5, 0.6) is 0 Å². The predicted octanol–water partition coefficient (Wildman–Crippen LogP) is 4.96. The molecule has 0 N–H and O–H groups in total. The Hall–Kier alpha value is -2.03. The molecule has 23 heavy (non-hydrogen) atoms. The summed E-state index contributed by atoms with van der Waals surface area (Å²) in [4.78, 5) is 16.6. The van der Waals surface area contributed by atoms with Gasteiger partial charge in [0.15, 0.2) is 0 Å². The van der Waals surface area contributed by atoms with Crippen LogP contribution in [0.25, 0.3) is 0 Å². The van der Waals surface area contributed by atoms with E-state index in [-0.39, 0.29) is 12.1 Å². The molecule has 0 radical (unpaired) electrons. The third kappa shape index (κ3) is 4.98. The van der Waals surface area contributed by atoms with Gasteiger partial charge in [0.25, 0.3) is 0 Å². The van der Waals surface area contributed by atoms with Crippen molar-refractivity contribution in [2.75, 3.05) is 6.54 Å². The Labute approximate surface area is 140 Å². The summed E-state index contributed by atoms with van der Waals surface area (Å²) in [6, 6.07) is 10.3. The highest BCUT2D eigenvalue weighted by molar-refractivity contribution is 5.77. The van der Waals surface area contributed by atoms with Crippen molar-refractivity contribution in [3.8, 4) is 0 Å². The molecule has 2 rings (SSSR count). The maximum Gasteiger partial charge on any atom is 0.325 e. The summed E-state index contributed by atoms with van der Waals surface area (Å²) in [5, 5.41) is 0. The number of urea groups is 1. The van der Waals surface area contributed by atoms with Gasteiger partial charge < -0.3 is 4.90 Å². The minimum Gasteiger partial charge on any atom is -0.314 e. The van der Waals surface area contributed by atoms with Crippen molar-refractivity contribution in [3.63, 3.8) is 0 Å². The van der Waals surface area contributed by atoms with Crippen molar-refractivity contribution in [3.05, 3.63) is 60.3 Å². The zero-order valence-corrected chi connectivity index (χ0v) is 14.3. The second kappa shape index (κ2) is 9.19. The van der Waals surface area contributed by atoms with E-state index in [9.17, 15) is 4.79 Å². The number of carbonyl (C=O) groups excluding carboxylic acids is 1. The number of nitrogens with zero attached hydrogens (tertiary/aromatic N) is 2. The van der Waals surface area contributed by atoms with Gasteiger partial charge in [-0.1, -0.05) is 68.7 Å². The van der Waals surface area contributed by atoms with E-state index in [0.29, 0.717) is 6.54 Å². The Morgan fingerprint density at radius 1 is 1.13 bits per heavy atom. The third-order valence-corrected chi connectivity index (χ3v) is 4.15. The highest BCUT2D eigenvalue weighted by atomic mass is 16.2. The summed E-state index contributed by atoms with van der Waals surface area (Å²) < 4.78 is 0. The fourth-order valence-electron chi connectivity index (χ4n) is 2.87. The summed E-state index contributed by atoms with van der Waals surface area (Å²) in [5.41, 5.74) is 1.15. The minimum atomic E-state index is 0.0844. The number of benzene rings is 1. The number of unbranched alkanes of at least 4 members (excludes halogenated alkanes) is 3. The molecule has 1 heterocycles. The number of allylic oxidation sites excluding steroid dienone is 1. The zero-order chi connectivity index (χ0) is 16.5. The molecule has 0 saturated carbocycles. The first-order valence-electron chi connectivity index (χ1n) is 8.68. The van der Waals surface area contributed by atoms with Crippen molar-refractivity contribution < 1.29 is 4.79 Å². The van der Waals surface area contributed by atoms with Crippen LogP contribution >= 0.6 is 0 Å². The summed E-state index contributed by atoms with van der Waals surface area (Å²) >= 11 is 0. The van der Waals surface area contributed by atoms with Crippen LogP contribution in [0.2, 0.25) is 0 Å². The topological polar surface area (TPSA) is 23.6 Å². The van der Waals surface area contributed by atoms with Gasteiger partial charge in [0.1, 0.15) is 0 Å². The fourth-order valence-corrected chi connectivity index (χ4v) is 2.87. The molecule has 1 atom stereocenters. The van der Waals surface area contributed by atoms with Crippen LogP contribution in [0.1, 0.15) is 45.1 Å². The Bertz CT molecular complexity index is 536. The second-order valence-electron chi connectivity index (χ2n) is 6.01. The van der Waals surface area contributed by atoms with Crippen LogP contribution in [0.3, 0.4) is 0 Å². The molecule has 0 spiro atoms. The lowest BCUT2D eigenvalue weighted by Crippen LogP contribution is -2.48. The first-order chi connectivity index (χ1) is 11.3. The minimum absolute atomic E-state index is 0.0844. The highest BCUT2D eigenvalue weighted by Crippen LogP contribution is 2.18. The van der Waals surface area contributed by atoms with Crippen LogP contribution in [-0.4, -0.2) is 28.4 Å². The van der Waals surface area contributed by atoms with Crippen LogP contribution in [0.15, 0.2) is 54.8 Å². The third-order valence-electron chi connectivity index (χ3n) is 4.15. The number of hydrogen-bond donors (Lipinski definition) is 0. The van der Waals surface area contributed by atoms with Crippen molar-refractivity contribution in [2.24, 2.45) is 0 Å². The molecule has 1 aromatic carbocycles. The Morgan fingerprint density at radius 3 is 2.61 bits per heavy atom. The van der Waals surface area contributed by atoms with E-state index in [1.165, 1.54) is 19.3 Å². The average molecular weight is 312 g/mol. The molecule has 3 nitrogen and oxygen atoms in total. The molecule has 3 heteroatoms. The van der Waals surface area contributed by atoms with Gasteiger partial charge in [0, 0.05) is 12.7 Å². The normalized spacial score (nSPS) is 18.2. The Kier molecular flexibility index (Phi) is 6.92. The summed E-state index contributed by atoms with van der Waals surface area (Å²) in [6.07, 6.45) is 12.9. The molecule has 0 unspecified atom stereocenters. The van der Waals surface area contributed by atoms with E-state index in [1.54, 1.807) is 0 Å². The van der Waals surface area contributed by atoms with Gasteiger partial charge in [0.05, 0.1) is 12.6 Å². The molecule has 0 fully saturated rings. The smallest absolute Gasteiger partial charge is 0.314 e. The van der Waals surface area contributed by atoms with Crippen molar-refractivity contribution in [2.45, 2.75) is 52.1 Å². The van der Waals surface area contributed by atoms with Gasteiger partial charge in [-0.2, -0.15) is 0 Å². The molecule has 0 saturated heterocycles. The molecule has 0 aromatic heterocycles. The van der Waals surface area contributed by atoms with Crippen LogP contribution in [0.4, 0.5) is 4.79 Å². The SMILES string of the molecule is C/C=C/[C@H]1C=CN(Cc2ccccc2)C(=O)N1CCCCCC. The molecule has 1 aliphatic heterocycles. The van der Waals surface area contributed by atoms with Gasteiger partial charge in [-0.3, -0.25) is 4.90 Å². The van der Waals surface area contributed by atoms with Crippen LogP contribution < -0.4 is 0 Å². The molecule has 0 bridgehead atoms. The zero-order valence-electron chi connectivity index (χ0n) is 14.3. The first-order valence-corrected chi connectivity index (χ1v) is 8.68. The molecule has 124 valence electrons. The molecular formula is C20H28N2O. The molecule has 1 aliphatic rings. The molecule has 2 amide bonds. The number of carbonyl (C=O) groups is 1. The number of hydrogen-bond acceptors (Lipinski definition) is 1. The van der Waals surface area contributed by atoms with E-state index in [4.69, 9.17) is 0 Å². The van der Waals surface area contributed by atoms with Crippen molar-refractivity contribution >= 4 is 6.03 Å². The van der Waals surface area contributed by atoms with Crippen molar-refractivity contribution in [1.29, 1.82) is 0 Å². The van der Waals surface area contributed by atoms with Gasteiger partial charge >= 0.3 is 6.03 Å². The standard InChI is InChI=1S/C20H28N2O/c1-3-5-6-10-15-22-19(11-4-2)14-16-21(20(22)23)17-18-12-8-7-9-13-18/h4,7-9,11-14,16,19H,3,5-6,10,15,17H2,1-2H3/b11-4+/t19-/m0/s1. The lowest BCUT2D eigenvalue weighted by atomic mass is 10.1. The largest absolute Gasteiger partial charge is 0.325 e. The average Bonchev–Trinajstić information content (AvgIpc) is 2.57. The van der Waals surface area contributed by atoms with E-state index in [0.717, 1.165) is 18.5 Å². The van der Waals surface area contributed by atoms with E-state index < -0.39 is 0 Å². The van der Waals surface area contributed by atoms with Crippen LogP contribution in [0, 0.1) is 0 Å². The summed E-state index contributed by atoms with van der Waals surface area (Å²) in [5.74, 6) is 0. The maximum absolute atomic E-state index is 12.8. The number of rotatable bonds is 8. The Morgan fingerprint density at radius 2 is 1.91 bits per heavy atom. The number of amides is 2. The van der Waals surface area contributed by atoms with E-state index in [2.05, 4.69) is 31.2 Å². The monoisotopic (exact) mass is 312 g/mol. The van der Waals surface area contributed by atoms with Gasteiger partial charge in [-0.05, 0) is 25.0 Å². The highest BCUT2D eigenvalue weighted by Gasteiger charge is 2.27. The fraction of sp³-hybridized carbons (Fsp3) is 0.450. The maximum atomic E-state index is 12.8. The lowest BCUT2D eigenvalue weighted by Gasteiger charge is -2.36. The van der Waals surface area contributed by atoms with Gasteiger partial charge in [-0.25, -0.2) is 4.79 Å². The lowest BCUT2D eigenvalue weighted by molar-refractivity contribution is 0.154. The van der Waals surface area contributed by atoms with Gasteiger partial charge in [0.2, 0.25) is 0 Å². The summed E-state index contributed by atoms with van der Waals surface area (Å²) in [7, 11) is 0. The first kappa shape index (κ1) is 17.3. The van der Waals surface area contributed by atoms with E-state index in [1.807, 2.05) is 47.2 Å². The Balaban J connectivity index is 2.05. The molecular weight excluding hydrogens is 284 g/mol. The quantitative estimate of drug-likeness (QED) is 0.491. The summed E-state index contributed by atoms with van der Waals surface area (Å²) in [6.45, 7) is 5.66. The van der Waals surface area contributed by atoms with Crippen LogP contribution in [-0.2, 0) is 6.54 Å². The molecule has 1 aromatic rings. The van der Waals surface area contributed by atoms with Gasteiger partial charge in [-0.15, -0.1) is 0 Å².